The van der Waals surface area contributed by atoms with E-state index in [2.05, 4.69) is 44.4 Å². The molecule has 3 aliphatic heterocycles. The van der Waals surface area contributed by atoms with Gasteiger partial charge in [-0.25, -0.2) is 4.98 Å². The molecule has 4 amide bonds. The first kappa shape index (κ1) is 27.4. The number of ether oxygens (including phenoxy) is 1. The number of carbonyl (C=O) groups is 4. The van der Waals surface area contributed by atoms with Crippen LogP contribution in [0.2, 0.25) is 0 Å². The van der Waals surface area contributed by atoms with Crippen LogP contribution in [0.25, 0.3) is 0 Å². The van der Waals surface area contributed by atoms with Crippen molar-refractivity contribution in [1.29, 1.82) is 0 Å². The molecular formula is C31H32N6O5. The first-order valence-electron chi connectivity index (χ1n) is 14.1. The molecule has 4 heterocycles. The topological polar surface area (TPSA) is 138 Å². The Labute approximate surface area is 243 Å². The van der Waals surface area contributed by atoms with Gasteiger partial charge >= 0.3 is 0 Å². The van der Waals surface area contributed by atoms with Gasteiger partial charge in [0, 0.05) is 50.3 Å². The van der Waals surface area contributed by atoms with Crippen LogP contribution in [0.1, 0.15) is 50.4 Å². The Hall–Kier alpha value is -4.77. The maximum absolute atomic E-state index is 13.1. The number of nitrogens with one attached hydrogen (secondary N) is 1. The first-order chi connectivity index (χ1) is 20.4. The highest BCUT2D eigenvalue weighted by atomic mass is 16.5. The number of imide groups is 1. The van der Waals surface area contributed by atoms with Crippen LogP contribution in [0.3, 0.4) is 0 Å². The molecule has 3 aromatic rings. The number of benzene rings is 2. The maximum atomic E-state index is 13.1. The number of pyridine rings is 1. The van der Waals surface area contributed by atoms with E-state index < -0.39 is 17.9 Å². The van der Waals surface area contributed by atoms with E-state index in [4.69, 9.17) is 10.5 Å². The smallest absolute Gasteiger partial charge is 0.267 e. The molecular weight excluding hydrogens is 536 g/mol. The number of rotatable bonds is 8. The summed E-state index contributed by atoms with van der Waals surface area (Å²) in [7, 11) is 0. The molecule has 2 saturated heterocycles. The van der Waals surface area contributed by atoms with E-state index in [1.807, 2.05) is 12.1 Å². The maximum Gasteiger partial charge on any atom is 0.267 e. The second-order valence-electron chi connectivity index (χ2n) is 10.8. The minimum Gasteiger partial charge on any atom is -0.489 e. The van der Waals surface area contributed by atoms with Crippen molar-refractivity contribution in [2.24, 2.45) is 5.73 Å². The molecule has 2 fully saturated rings. The molecule has 216 valence electrons. The molecule has 1 unspecified atom stereocenters. The summed E-state index contributed by atoms with van der Waals surface area (Å²) in [4.78, 5) is 58.6. The lowest BCUT2D eigenvalue weighted by Gasteiger charge is -2.36. The SMILES string of the molecule is NC(=O)c1ccc(N2CCN(Cc3ccc(COc4cccc5c4CN(C4CCC(=O)NC4=O)C5=O)cc3)CC2)cn1. The Bertz CT molecular complexity index is 1520. The number of carbonyl (C=O) groups excluding carboxylic acids is 4. The van der Waals surface area contributed by atoms with Crippen LogP contribution in [0, 0.1) is 0 Å². The van der Waals surface area contributed by atoms with E-state index in [-0.39, 0.29) is 30.5 Å². The molecule has 11 heteroatoms. The number of primary amides is 1. The molecule has 11 nitrogen and oxygen atoms in total. The lowest BCUT2D eigenvalue weighted by molar-refractivity contribution is -0.136. The van der Waals surface area contributed by atoms with Gasteiger partial charge in [0.25, 0.3) is 11.8 Å². The Morgan fingerprint density at radius 3 is 2.43 bits per heavy atom. The van der Waals surface area contributed by atoms with Gasteiger partial charge in [0.05, 0.1) is 18.4 Å². The summed E-state index contributed by atoms with van der Waals surface area (Å²) in [5, 5.41) is 2.34. The second-order valence-corrected chi connectivity index (χ2v) is 10.8. The summed E-state index contributed by atoms with van der Waals surface area (Å²) >= 11 is 0. The second kappa shape index (κ2) is 11.6. The van der Waals surface area contributed by atoms with Crippen molar-refractivity contribution in [3.05, 3.63) is 88.7 Å². The van der Waals surface area contributed by atoms with E-state index in [0.29, 0.717) is 24.3 Å². The molecule has 0 radical (unpaired) electrons. The van der Waals surface area contributed by atoms with Crippen molar-refractivity contribution in [3.8, 4) is 5.75 Å². The fourth-order valence-electron chi connectivity index (χ4n) is 5.74. The van der Waals surface area contributed by atoms with E-state index >= 15 is 0 Å². The Morgan fingerprint density at radius 1 is 0.976 bits per heavy atom. The predicted octanol–water partition coefficient (Wildman–Crippen LogP) is 1.84. The van der Waals surface area contributed by atoms with Gasteiger partial charge in [-0.3, -0.25) is 29.4 Å². The molecule has 2 aromatic carbocycles. The third-order valence-corrected chi connectivity index (χ3v) is 8.10. The van der Waals surface area contributed by atoms with Crippen LogP contribution in [0.15, 0.2) is 60.8 Å². The van der Waals surface area contributed by atoms with E-state index in [0.717, 1.165) is 49.5 Å². The van der Waals surface area contributed by atoms with Gasteiger partial charge < -0.3 is 20.3 Å². The monoisotopic (exact) mass is 568 g/mol. The van der Waals surface area contributed by atoms with Crippen LogP contribution in [-0.4, -0.2) is 70.6 Å². The first-order valence-corrected chi connectivity index (χ1v) is 14.1. The summed E-state index contributed by atoms with van der Waals surface area (Å²) in [6.07, 6.45) is 2.25. The molecule has 42 heavy (non-hydrogen) atoms. The molecule has 0 bridgehead atoms. The highest BCUT2D eigenvalue weighted by Gasteiger charge is 2.40. The zero-order chi connectivity index (χ0) is 29.2. The van der Waals surface area contributed by atoms with E-state index in [1.54, 1.807) is 24.4 Å². The van der Waals surface area contributed by atoms with E-state index in [1.165, 1.54) is 10.5 Å². The lowest BCUT2D eigenvalue weighted by atomic mass is 10.0. The zero-order valence-corrected chi connectivity index (χ0v) is 23.1. The number of aromatic nitrogens is 1. The van der Waals surface area contributed by atoms with Crippen LogP contribution < -0.4 is 20.7 Å². The molecule has 0 spiro atoms. The number of piperidine rings is 1. The van der Waals surface area contributed by atoms with Crippen LogP contribution in [-0.2, 0) is 29.3 Å². The van der Waals surface area contributed by atoms with Gasteiger partial charge in [-0.05, 0) is 41.8 Å². The van der Waals surface area contributed by atoms with Gasteiger partial charge in [0.2, 0.25) is 11.8 Å². The van der Waals surface area contributed by atoms with Crippen LogP contribution >= 0.6 is 0 Å². The standard InChI is InChI=1S/C31H32N6O5/c32-29(39)25-9-8-22(16-33-25)36-14-12-35(13-15-36)17-20-4-6-21(7-5-20)19-42-27-3-1-2-23-24(27)18-37(31(23)41)26-10-11-28(38)34-30(26)40/h1-9,16,26H,10-15,17-19H2,(H2,32,39)(H,34,38,40). The van der Waals surface area contributed by atoms with Crippen molar-refractivity contribution in [3.63, 3.8) is 0 Å². The average molecular weight is 569 g/mol. The molecule has 6 rings (SSSR count). The summed E-state index contributed by atoms with van der Waals surface area (Å²) in [6.45, 7) is 5.04. The molecule has 0 aliphatic carbocycles. The number of piperazine rings is 1. The number of anilines is 1. The Kier molecular flexibility index (Phi) is 7.58. The van der Waals surface area contributed by atoms with Crippen molar-refractivity contribution in [2.45, 2.75) is 38.6 Å². The third-order valence-electron chi connectivity index (χ3n) is 8.10. The van der Waals surface area contributed by atoms with Gasteiger partial charge in [-0.2, -0.15) is 0 Å². The Morgan fingerprint density at radius 2 is 1.74 bits per heavy atom. The highest BCUT2D eigenvalue weighted by Crippen LogP contribution is 2.34. The number of nitrogens with zero attached hydrogens (tertiary/aromatic N) is 4. The number of fused-ring (bicyclic) bond motifs is 1. The molecule has 3 N–H and O–H groups in total. The minimum absolute atomic E-state index is 0.215. The normalized spacial score (nSPS) is 19.0. The lowest BCUT2D eigenvalue weighted by Crippen LogP contribution is -2.52. The molecule has 1 atom stereocenters. The fraction of sp³-hybridized carbons (Fsp3) is 0.323. The largest absolute Gasteiger partial charge is 0.489 e. The highest BCUT2D eigenvalue weighted by molar-refractivity contribution is 6.05. The van der Waals surface area contributed by atoms with Gasteiger partial charge in [0.15, 0.2) is 0 Å². The van der Waals surface area contributed by atoms with E-state index in [9.17, 15) is 19.2 Å². The fourth-order valence-corrected chi connectivity index (χ4v) is 5.74. The summed E-state index contributed by atoms with van der Waals surface area (Å²) < 4.78 is 6.15. The summed E-state index contributed by atoms with van der Waals surface area (Å²) in [6, 6.07) is 16.6. The quantitative estimate of drug-likeness (QED) is 0.393. The number of hydrogen-bond acceptors (Lipinski definition) is 8. The Balaban J connectivity index is 1.01. The number of nitrogens with two attached hydrogens (primary N) is 1. The number of hydrogen-bond donors (Lipinski definition) is 2. The van der Waals surface area contributed by atoms with Crippen LogP contribution in [0.4, 0.5) is 5.69 Å². The third kappa shape index (κ3) is 5.68. The average Bonchev–Trinajstić information content (AvgIpc) is 3.33. The summed E-state index contributed by atoms with van der Waals surface area (Å²) in [5.74, 6) is -0.848. The van der Waals surface area contributed by atoms with Gasteiger partial charge in [0.1, 0.15) is 24.1 Å². The van der Waals surface area contributed by atoms with Crippen molar-refractivity contribution >= 4 is 29.3 Å². The van der Waals surface area contributed by atoms with Gasteiger partial charge in [-0.15, -0.1) is 0 Å². The van der Waals surface area contributed by atoms with Crippen molar-refractivity contribution < 1.29 is 23.9 Å². The zero-order valence-electron chi connectivity index (χ0n) is 23.1. The van der Waals surface area contributed by atoms with Crippen molar-refractivity contribution in [2.75, 3.05) is 31.1 Å². The van der Waals surface area contributed by atoms with Gasteiger partial charge in [-0.1, -0.05) is 30.3 Å². The minimum atomic E-state index is -0.655. The summed E-state index contributed by atoms with van der Waals surface area (Å²) in [5.41, 5.74) is 10.1. The molecule has 0 saturated carbocycles. The van der Waals surface area contributed by atoms with Crippen molar-refractivity contribution in [1.82, 2.24) is 20.1 Å². The predicted molar refractivity (Wildman–Crippen MR) is 154 cm³/mol. The molecule has 1 aromatic heterocycles. The number of amides is 4. The molecule has 3 aliphatic rings. The van der Waals surface area contributed by atoms with Crippen LogP contribution in [0.5, 0.6) is 5.75 Å².